The monoisotopic (exact) mass is 932 g/mol. The van der Waals surface area contributed by atoms with E-state index in [1.54, 1.807) is 6.08 Å². The fourth-order valence-corrected chi connectivity index (χ4v) is 8.69. The second-order valence-electron chi connectivity index (χ2n) is 19.4. The van der Waals surface area contributed by atoms with Gasteiger partial charge in [0.05, 0.1) is 25.4 Å². The van der Waals surface area contributed by atoms with Crippen LogP contribution in [0, 0.1) is 0 Å². The number of hydrogen-bond donors (Lipinski definition) is 6. The number of carbonyl (C=O) groups is 1. The first kappa shape index (κ1) is 62.2. The molecule has 0 saturated carbocycles. The van der Waals surface area contributed by atoms with Crippen LogP contribution in [-0.2, 0) is 14.3 Å². The fourth-order valence-electron chi connectivity index (χ4n) is 8.69. The van der Waals surface area contributed by atoms with Crippen LogP contribution in [0.1, 0.15) is 251 Å². The standard InChI is InChI=1S/C57H105NO8/c1-3-5-7-9-11-13-15-17-19-21-23-24-25-26-27-29-30-32-34-36-38-40-42-44-46-51(60)50(49-65-57-56(64)55(63)54(62)52(48-59)66-57)58-53(61)47-45-43-41-39-37-35-33-31-28-22-20-18-16-14-12-10-8-6-4-2/h12,14,16,18,36,38,44,46,50-52,54-57,59-60,62-64H,3-11,13,15,17,19-35,37,39-43,45,47-49H2,1-2H3,(H,58,61)/b14-12-,18-16-,38-36+,46-44+. The van der Waals surface area contributed by atoms with E-state index in [1.807, 2.05) is 6.08 Å². The predicted octanol–water partition coefficient (Wildman–Crippen LogP) is 13.3. The summed E-state index contributed by atoms with van der Waals surface area (Å²) in [5.41, 5.74) is 0. The molecule has 0 radical (unpaired) electrons. The van der Waals surface area contributed by atoms with E-state index in [0.717, 1.165) is 44.9 Å². The summed E-state index contributed by atoms with van der Waals surface area (Å²) < 4.78 is 11.2. The number of nitrogens with one attached hydrogen (secondary N) is 1. The van der Waals surface area contributed by atoms with E-state index in [1.165, 1.54) is 186 Å². The highest BCUT2D eigenvalue weighted by atomic mass is 16.7. The summed E-state index contributed by atoms with van der Waals surface area (Å²) in [7, 11) is 0. The van der Waals surface area contributed by atoms with Crippen molar-refractivity contribution in [3.63, 3.8) is 0 Å². The van der Waals surface area contributed by atoms with Crippen LogP contribution in [0.15, 0.2) is 48.6 Å². The average Bonchev–Trinajstić information content (AvgIpc) is 3.32. The molecule has 1 amide bonds. The highest BCUT2D eigenvalue weighted by molar-refractivity contribution is 5.76. The summed E-state index contributed by atoms with van der Waals surface area (Å²) in [6.07, 6.45) is 54.6. The molecule has 66 heavy (non-hydrogen) atoms. The van der Waals surface area contributed by atoms with Crippen LogP contribution in [0.2, 0.25) is 0 Å². The Kier molecular flexibility index (Phi) is 44.1. The number of unbranched alkanes of at least 4 members (excludes halogenated alkanes) is 32. The maximum atomic E-state index is 13.0. The number of aliphatic hydroxyl groups excluding tert-OH is 5. The number of aliphatic hydroxyl groups is 5. The van der Waals surface area contributed by atoms with Crippen LogP contribution in [0.25, 0.3) is 0 Å². The molecule has 0 aromatic heterocycles. The van der Waals surface area contributed by atoms with Crippen molar-refractivity contribution in [1.82, 2.24) is 5.32 Å². The van der Waals surface area contributed by atoms with Gasteiger partial charge in [0.2, 0.25) is 5.91 Å². The first-order valence-electron chi connectivity index (χ1n) is 27.9. The number of amides is 1. The Morgan fingerprint density at radius 2 is 0.909 bits per heavy atom. The van der Waals surface area contributed by atoms with Gasteiger partial charge in [0.25, 0.3) is 0 Å². The number of ether oxygens (including phenoxy) is 2. The second-order valence-corrected chi connectivity index (χ2v) is 19.4. The zero-order chi connectivity index (χ0) is 48.0. The molecular formula is C57H105NO8. The molecule has 1 aliphatic heterocycles. The van der Waals surface area contributed by atoms with E-state index < -0.39 is 49.5 Å². The van der Waals surface area contributed by atoms with Crippen LogP contribution < -0.4 is 5.32 Å². The minimum Gasteiger partial charge on any atom is -0.394 e. The molecule has 0 bridgehead atoms. The SMILES string of the molecule is CCCCC/C=C\C=C/CCCCCCCCCCCCC(=O)NC(COC1OC(CO)C(O)C(O)C1O)C(O)/C=C/CC/C=C/CCCCCCCCCCCCCCCCCCCC. The molecule has 7 unspecified atom stereocenters. The van der Waals surface area contributed by atoms with Crippen molar-refractivity contribution in [2.45, 2.75) is 294 Å². The molecule has 7 atom stereocenters. The molecule has 1 saturated heterocycles. The van der Waals surface area contributed by atoms with Gasteiger partial charge in [0.15, 0.2) is 6.29 Å². The lowest BCUT2D eigenvalue weighted by Gasteiger charge is -2.40. The Labute approximate surface area is 405 Å². The molecule has 9 nitrogen and oxygen atoms in total. The predicted molar refractivity (Wildman–Crippen MR) is 276 cm³/mol. The molecule has 386 valence electrons. The lowest BCUT2D eigenvalue weighted by molar-refractivity contribution is -0.302. The summed E-state index contributed by atoms with van der Waals surface area (Å²) in [6.45, 7) is 3.75. The van der Waals surface area contributed by atoms with Gasteiger partial charge in [-0.15, -0.1) is 0 Å². The molecular weight excluding hydrogens is 827 g/mol. The molecule has 1 heterocycles. The van der Waals surface area contributed by atoms with Crippen molar-refractivity contribution in [2.75, 3.05) is 13.2 Å². The minimum absolute atomic E-state index is 0.190. The molecule has 0 spiro atoms. The van der Waals surface area contributed by atoms with Crippen LogP contribution in [0.5, 0.6) is 0 Å². The zero-order valence-electron chi connectivity index (χ0n) is 42.7. The molecule has 0 aromatic rings. The topological polar surface area (TPSA) is 149 Å². The average molecular weight is 932 g/mol. The molecule has 1 aliphatic rings. The van der Waals surface area contributed by atoms with E-state index in [2.05, 4.69) is 55.6 Å². The fraction of sp³-hybridized carbons (Fsp3) is 0.842. The van der Waals surface area contributed by atoms with E-state index >= 15 is 0 Å². The largest absolute Gasteiger partial charge is 0.394 e. The third kappa shape index (κ3) is 36.2. The first-order valence-corrected chi connectivity index (χ1v) is 27.9. The molecule has 6 N–H and O–H groups in total. The van der Waals surface area contributed by atoms with Gasteiger partial charge in [-0.3, -0.25) is 4.79 Å². The van der Waals surface area contributed by atoms with Crippen LogP contribution in [-0.4, -0.2) is 87.5 Å². The Morgan fingerprint density at radius 1 is 0.515 bits per heavy atom. The lowest BCUT2D eigenvalue weighted by atomic mass is 9.99. The van der Waals surface area contributed by atoms with Crippen molar-refractivity contribution in [3.8, 4) is 0 Å². The van der Waals surface area contributed by atoms with Gasteiger partial charge in [-0.25, -0.2) is 0 Å². The third-order valence-corrected chi connectivity index (χ3v) is 13.2. The van der Waals surface area contributed by atoms with Gasteiger partial charge in [0, 0.05) is 6.42 Å². The van der Waals surface area contributed by atoms with Crippen molar-refractivity contribution < 1.29 is 39.8 Å². The van der Waals surface area contributed by atoms with Gasteiger partial charge in [-0.1, -0.05) is 236 Å². The Bertz CT molecular complexity index is 1170. The van der Waals surface area contributed by atoms with E-state index in [0.29, 0.717) is 6.42 Å². The maximum Gasteiger partial charge on any atom is 0.220 e. The summed E-state index contributed by atoms with van der Waals surface area (Å²) in [6, 6.07) is -0.825. The van der Waals surface area contributed by atoms with E-state index in [9.17, 15) is 30.3 Å². The third-order valence-electron chi connectivity index (χ3n) is 13.2. The van der Waals surface area contributed by atoms with Gasteiger partial charge >= 0.3 is 0 Å². The van der Waals surface area contributed by atoms with Crippen molar-refractivity contribution in [3.05, 3.63) is 48.6 Å². The molecule has 0 aromatic carbocycles. The summed E-state index contributed by atoms with van der Waals surface area (Å²) in [5.74, 6) is -0.190. The molecule has 9 heteroatoms. The smallest absolute Gasteiger partial charge is 0.220 e. The van der Waals surface area contributed by atoms with Gasteiger partial charge < -0.3 is 40.3 Å². The van der Waals surface area contributed by atoms with Crippen LogP contribution in [0.4, 0.5) is 0 Å². The quantitative estimate of drug-likeness (QED) is 0.0201. The highest BCUT2D eigenvalue weighted by Crippen LogP contribution is 2.23. The first-order chi connectivity index (χ1) is 32.3. The number of allylic oxidation sites excluding steroid dienone is 7. The summed E-state index contributed by atoms with van der Waals surface area (Å²) in [5, 5.41) is 54.4. The van der Waals surface area contributed by atoms with Crippen LogP contribution >= 0.6 is 0 Å². The van der Waals surface area contributed by atoms with E-state index in [4.69, 9.17) is 9.47 Å². The molecule has 1 fully saturated rings. The zero-order valence-corrected chi connectivity index (χ0v) is 42.7. The number of rotatable bonds is 47. The lowest BCUT2D eigenvalue weighted by Crippen LogP contribution is -2.60. The maximum absolute atomic E-state index is 13.0. The number of hydrogen-bond acceptors (Lipinski definition) is 8. The Hall–Kier alpha value is -1.85. The van der Waals surface area contributed by atoms with Crippen molar-refractivity contribution >= 4 is 5.91 Å². The van der Waals surface area contributed by atoms with Crippen LogP contribution in [0.3, 0.4) is 0 Å². The van der Waals surface area contributed by atoms with Gasteiger partial charge in [-0.2, -0.15) is 0 Å². The minimum atomic E-state index is -1.57. The van der Waals surface area contributed by atoms with Crippen molar-refractivity contribution in [2.24, 2.45) is 0 Å². The van der Waals surface area contributed by atoms with E-state index in [-0.39, 0.29) is 12.5 Å². The molecule has 0 aliphatic carbocycles. The normalized spacial score (nSPS) is 20.1. The molecule has 1 rings (SSSR count). The number of carbonyl (C=O) groups excluding carboxylic acids is 1. The summed E-state index contributed by atoms with van der Waals surface area (Å²) >= 11 is 0. The summed E-state index contributed by atoms with van der Waals surface area (Å²) in [4.78, 5) is 13.0. The highest BCUT2D eigenvalue weighted by Gasteiger charge is 2.44. The van der Waals surface area contributed by atoms with Gasteiger partial charge in [-0.05, 0) is 57.8 Å². The second kappa shape index (κ2) is 46.9. The Morgan fingerprint density at radius 3 is 1.39 bits per heavy atom. The Balaban J connectivity index is 2.27. The van der Waals surface area contributed by atoms with Crippen molar-refractivity contribution in [1.29, 1.82) is 0 Å². The van der Waals surface area contributed by atoms with Gasteiger partial charge in [0.1, 0.15) is 24.4 Å².